The number of rotatable bonds is 5. The molecule has 3 aromatic rings. The third-order valence-corrected chi connectivity index (χ3v) is 3.18. The summed E-state index contributed by atoms with van der Waals surface area (Å²) in [4.78, 5) is 8.57. The number of nitrogens with one attached hydrogen (secondary N) is 2. The van der Waals surface area contributed by atoms with Crippen LogP contribution < -0.4 is 10.6 Å². The number of benzene rings is 1. The van der Waals surface area contributed by atoms with Gasteiger partial charge < -0.3 is 10.6 Å². The van der Waals surface area contributed by atoms with E-state index in [0.29, 0.717) is 23.3 Å². The molecule has 0 aliphatic heterocycles. The van der Waals surface area contributed by atoms with Gasteiger partial charge in [0.1, 0.15) is 0 Å². The average molecular weight is 313 g/mol. The maximum atomic E-state index is 6.10. The van der Waals surface area contributed by atoms with Crippen LogP contribution in [0, 0.1) is 0 Å². The van der Waals surface area contributed by atoms with Crippen molar-refractivity contribution in [2.45, 2.75) is 6.54 Å². The number of nitrogens with zero attached hydrogens (tertiary/aromatic N) is 4. The Kier molecular flexibility index (Phi) is 4.41. The fraction of sp³-hybridized carbons (Fsp3) is 0.0667. The summed E-state index contributed by atoms with van der Waals surface area (Å²) in [6, 6.07) is 13.2. The van der Waals surface area contributed by atoms with Gasteiger partial charge >= 0.3 is 0 Å². The zero-order chi connectivity index (χ0) is 15.2. The Morgan fingerprint density at radius 1 is 1.05 bits per heavy atom. The van der Waals surface area contributed by atoms with Gasteiger partial charge in [0, 0.05) is 6.20 Å². The molecule has 0 radical (unpaired) electrons. The highest BCUT2D eigenvalue weighted by atomic mass is 35.5. The molecule has 0 saturated carbocycles. The van der Waals surface area contributed by atoms with Gasteiger partial charge in [-0.3, -0.25) is 4.98 Å². The molecule has 22 heavy (non-hydrogen) atoms. The van der Waals surface area contributed by atoms with E-state index in [1.807, 2.05) is 36.4 Å². The second-order valence-corrected chi connectivity index (χ2v) is 4.85. The van der Waals surface area contributed by atoms with Crippen molar-refractivity contribution in [2.75, 3.05) is 10.6 Å². The highest BCUT2D eigenvalue weighted by Gasteiger charge is 2.04. The number of hydrogen-bond donors (Lipinski definition) is 2. The van der Waals surface area contributed by atoms with Crippen LogP contribution >= 0.6 is 11.6 Å². The molecule has 0 bridgehead atoms. The van der Waals surface area contributed by atoms with Gasteiger partial charge in [-0.2, -0.15) is 10.1 Å². The largest absolute Gasteiger partial charge is 0.347 e. The molecule has 2 aromatic heterocycles. The topological polar surface area (TPSA) is 75.6 Å². The molecular weight excluding hydrogens is 300 g/mol. The van der Waals surface area contributed by atoms with Crippen molar-refractivity contribution < 1.29 is 0 Å². The molecular formula is C15H13ClN6. The predicted octanol–water partition coefficient (Wildman–Crippen LogP) is 3.28. The van der Waals surface area contributed by atoms with Crippen LogP contribution in [-0.2, 0) is 6.54 Å². The minimum atomic E-state index is 0.419. The number of para-hydroxylation sites is 1. The summed E-state index contributed by atoms with van der Waals surface area (Å²) in [6.07, 6.45) is 3.28. The molecule has 0 atom stereocenters. The molecule has 6 nitrogen and oxygen atoms in total. The van der Waals surface area contributed by atoms with Gasteiger partial charge in [-0.1, -0.05) is 29.8 Å². The maximum absolute atomic E-state index is 6.10. The van der Waals surface area contributed by atoms with Crippen LogP contribution in [0.4, 0.5) is 17.5 Å². The quantitative estimate of drug-likeness (QED) is 0.753. The van der Waals surface area contributed by atoms with Crippen molar-refractivity contribution in [3.8, 4) is 0 Å². The van der Waals surface area contributed by atoms with Crippen LogP contribution in [0.1, 0.15) is 5.69 Å². The molecule has 0 spiro atoms. The van der Waals surface area contributed by atoms with Crippen molar-refractivity contribution in [3.63, 3.8) is 0 Å². The van der Waals surface area contributed by atoms with E-state index in [1.54, 1.807) is 12.3 Å². The summed E-state index contributed by atoms with van der Waals surface area (Å²) in [5.41, 5.74) is 1.66. The minimum absolute atomic E-state index is 0.419. The van der Waals surface area contributed by atoms with E-state index in [4.69, 9.17) is 11.6 Å². The SMILES string of the molecule is Clc1ccccc1Nc1cnnc(NCc2ccccn2)n1. The molecule has 0 saturated heterocycles. The Morgan fingerprint density at radius 3 is 2.73 bits per heavy atom. The molecule has 0 aliphatic rings. The number of anilines is 3. The third-order valence-electron chi connectivity index (χ3n) is 2.85. The van der Waals surface area contributed by atoms with E-state index in [2.05, 4.69) is 30.8 Å². The molecule has 0 unspecified atom stereocenters. The lowest BCUT2D eigenvalue weighted by Crippen LogP contribution is -2.07. The van der Waals surface area contributed by atoms with E-state index in [0.717, 1.165) is 11.4 Å². The molecule has 0 aliphatic carbocycles. The second kappa shape index (κ2) is 6.82. The molecule has 0 fully saturated rings. The summed E-state index contributed by atoms with van der Waals surface area (Å²) in [5, 5.41) is 14.7. The van der Waals surface area contributed by atoms with Gasteiger partial charge in [-0.05, 0) is 24.3 Å². The summed E-state index contributed by atoms with van der Waals surface area (Å²) in [6.45, 7) is 0.526. The monoisotopic (exact) mass is 312 g/mol. The Bertz CT molecular complexity index is 750. The van der Waals surface area contributed by atoms with Crippen molar-refractivity contribution in [2.24, 2.45) is 0 Å². The number of halogens is 1. The first kappa shape index (κ1) is 14.2. The van der Waals surface area contributed by atoms with Crippen molar-refractivity contribution in [3.05, 3.63) is 65.6 Å². The zero-order valence-corrected chi connectivity index (χ0v) is 12.3. The lowest BCUT2D eigenvalue weighted by atomic mass is 10.3. The lowest BCUT2D eigenvalue weighted by Gasteiger charge is -2.08. The van der Waals surface area contributed by atoms with E-state index < -0.39 is 0 Å². The van der Waals surface area contributed by atoms with Crippen molar-refractivity contribution in [1.82, 2.24) is 20.2 Å². The summed E-state index contributed by atoms with van der Waals surface area (Å²) >= 11 is 6.10. The van der Waals surface area contributed by atoms with E-state index >= 15 is 0 Å². The predicted molar refractivity (Wildman–Crippen MR) is 86.1 cm³/mol. The fourth-order valence-corrected chi connectivity index (χ4v) is 1.99. The van der Waals surface area contributed by atoms with Crippen molar-refractivity contribution >= 4 is 29.1 Å². The highest BCUT2D eigenvalue weighted by Crippen LogP contribution is 2.23. The Morgan fingerprint density at radius 2 is 1.91 bits per heavy atom. The van der Waals surface area contributed by atoms with Gasteiger partial charge in [0.05, 0.1) is 29.1 Å². The van der Waals surface area contributed by atoms with Crippen LogP contribution in [-0.4, -0.2) is 20.2 Å². The summed E-state index contributed by atoms with van der Waals surface area (Å²) in [7, 11) is 0. The first-order chi connectivity index (χ1) is 10.8. The second-order valence-electron chi connectivity index (χ2n) is 4.44. The van der Waals surface area contributed by atoms with Crippen molar-refractivity contribution in [1.29, 1.82) is 0 Å². The lowest BCUT2D eigenvalue weighted by molar-refractivity contribution is 0.934. The molecule has 0 amide bonds. The van der Waals surface area contributed by atoms with E-state index in [9.17, 15) is 0 Å². The van der Waals surface area contributed by atoms with E-state index in [-0.39, 0.29) is 0 Å². The van der Waals surface area contributed by atoms with Gasteiger partial charge in [0.2, 0.25) is 5.95 Å². The Labute approximate surface area is 132 Å². The smallest absolute Gasteiger partial charge is 0.245 e. The molecule has 2 N–H and O–H groups in total. The van der Waals surface area contributed by atoms with Crippen LogP contribution in [0.25, 0.3) is 0 Å². The fourth-order valence-electron chi connectivity index (χ4n) is 1.81. The van der Waals surface area contributed by atoms with E-state index in [1.165, 1.54) is 6.20 Å². The Balaban J connectivity index is 1.69. The molecule has 3 rings (SSSR count). The molecule has 110 valence electrons. The Hall–Kier alpha value is -2.73. The maximum Gasteiger partial charge on any atom is 0.245 e. The molecule has 7 heteroatoms. The van der Waals surface area contributed by atoms with Gasteiger partial charge in [0.25, 0.3) is 0 Å². The highest BCUT2D eigenvalue weighted by molar-refractivity contribution is 6.33. The standard InChI is InChI=1S/C15H13ClN6/c16-12-6-1-2-7-13(12)20-14-10-19-22-15(21-14)18-9-11-5-3-4-8-17-11/h1-8,10H,9H2,(H2,18,20,21,22). The van der Waals surface area contributed by atoms with Gasteiger partial charge in [-0.15, -0.1) is 5.10 Å². The van der Waals surface area contributed by atoms with Crippen LogP contribution in [0.15, 0.2) is 54.9 Å². The first-order valence-electron chi connectivity index (χ1n) is 6.66. The summed E-state index contributed by atoms with van der Waals surface area (Å²) < 4.78 is 0. The molecule has 2 heterocycles. The minimum Gasteiger partial charge on any atom is -0.347 e. The van der Waals surface area contributed by atoms with Crippen LogP contribution in [0.2, 0.25) is 5.02 Å². The number of hydrogen-bond acceptors (Lipinski definition) is 6. The summed E-state index contributed by atoms with van der Waals surface area (Å²) in [5.74, 6) is 0.981. The van der Waals surface area contributed by atoms with Gasteiger partial charge in [-0.25, -0.2) is 0 Å². The zero-order valence-electron chi connectivity index (χ0n) is 11.6. The van der Waals surface area contributed by atoms with Crippen LogP contribution in [0.5, 0.6) is 0 Å². The number of pyridine rings is 1. The normalized spacial score (nSPS) is 10.2. The number of aromatic nitrogens is 4. The first-order valence-corrected chi connectivity index (χ1v) is 7.04. The van der Waals surface area contributed by atoms with Gasteiger partial charge in [0.15, 0.2) is 5.82 Å². The average Bonchev–Trinajstić information content (AvgIpc) is 2.57. The molecule has 1 aromatic carbocycles. The van der Waals surface area contributed by atoms with Crippen LogP contribution in [0.3, 0.4) is 0 Å². The third kappa shape index (κ3) is 3.67.